The number of aromatic hydroxyl groups is 1. The maximum absolute atomic E-state index is 13.3. The average Bonchev–Trinajstić information content (AvgIpc) is 3.01. The zero-order valence-corrected chi connectivity index (χ0v) is 17.5. The lowest BCUT2D eigenvalue weighted by Crippen LogP contribution is -2.30. The van der Waals surface area contributed by atoms with E-state index in [0.717, 1.165) is 5.56 Å². The molecule has 1 aliphatic rings. The molecule has 0 bridgehead atoms. The van der Waals surface area contributed by atoms with Crippen molar-refractivity contribution in [3.05, 3.63) is 59.7 Å². The third kappa shape index (κ3) is 4.31. The van der Waals surface area contributed by atoms with E-state index in [1.165, 1.54) is 12.1 Å². The van der Waals surface area contributed by atoms with Crippen LogP contribution in [-0.2, 0) is 20.3 Å². The summed E-state index contributed by atoms with van der Waals surface area (Å²) in [5.41, 5.74) is 1.47. The molecule has 3 rings (SSSR count). The van der Waals surface area contributed by atoms with Gasteiger partial charge in [-0.1, -0.05) is 17.7 Å². The first-order valence-corrected chi connectivity index (χ1v) is 13.1. The van der Waals surface area contributed by atoms with Gasteiger partial charge in [0.05, 0.1) is 21.3 Å². The molecule has 1 N–H and O–H groups in total. The van der Waals surface area contributed by atoms with E-state index < -0.39 is 31.2 Å². The summed E-state index contributed by atoms with van der Waals surface area (Å²) in [5.74, 6) is -0.121. The second kappa shape index (κ2) is 7.32. The number of esters is 1. The predicted octanol–water partition coefficient (Wildman–Crippen LogP) is 4.24. The van der Waals surface area contributed by atoms with Crippen LogP contribution in [0.3, 0.4) is 0 Å². The number of phenolic OH excluding ortho intramolecular Hbond substituents is 1. The number of carbonyl (C=O) groups excluding carboxylic acids is 1. The molecule has 1 heterocycles. The Morgan fingerprint density at radius 3 is 2.33 bits per heavy atom. The molecule has 0 aromatic heterocycles. The molecular formula is C20H22O5SSi. The van der Waals surface area contributed by atoms with Gasteiger partial charge in [-0.15, -0.1) is 0 Å². The van der Waals surface area contributed by atoms with Crippen LogP contribution in [0.1, 0.15) is 17.2 Å². The van der Waals surface area contributed by atoms with Crippen molar-refractivity contribution >= 4 is 25.1 Å². The third-order valence-corrected chi connectivity index (χ3v) is 6.24. The van der Waals surface area contributed by atoms with Gasteiger partial charge >= 0.3 is 5.97 Å². The summed E-state index contributed by atoms with van der Waals surface area (Å²) in [6.45, 7) is 8.02. The third-order valence-electron chi connectivity index (χ3n) is 3.91. The van der Waals surface area contributed by atoms with E-state index >= 15 is 0 Å². The zero-order valence-electron chi connectivity index (χ0n) is 15.7. The van der Waals surface area contributed by atoms with Crippen molar-refractivity contribution < 1.29 is 23.3 Å². The summed E-state index contributed by atoms with van der Waals surface area (Å²) >= 11 is 0. The van der Waals surface area contributed by atoms with Crippen molar-refractivity contribution in [2.75, 3.05) is 0 Å². The van der Waals surface area contributed by atoms with Crippen molar-refractivity contribution in [3.8, 4) is 11.5 Å². The van der Waals surface area contributed by atoms with Gasteiger partial charge in [-0.3, -0.25) is 0 Å². The molecule has 1 aliphatic heterocycles. The van der Waals surface area contributed by atoms with E-state index in [9.17, 15) is 14.1 Å². The van der Waals surface area contributed by atoms with Gasteiger partial charge < -0.3 is 14.3 Å². The van der Waals surface area contributed by atoms with Crippen molar-refractivity contribution in [1.29, 1.82) is 0 Å². The van der Waals surface area contributed by atoms with E-state index in [1.54, 1.807) is 24.3 Å². The molecule has 0 radical (unpaired) electrons. The van der Waals surface area contributed by atoms with E-state index in [0.29, 0.717) is 16.2 Å². The predicted molar refractivity (Wildman–Crippen MR) is 106 cm³/mol. The smallest absolute Gasteiger partial charge is 0.331 e. The topological polar surface area (TPSA) is 72.8 Å². The molecule has 0 saturated carbocycles. The number of phenols is 1. The number of hydrogen-bond acceptors (Lipinski definition) is 5. The SMILES string of the molecule is Cc1ccc(S(=O)c2c(O)ccc(O[Si](C)(C)C)c2[C@@H]2C=CC(=O)O2)cc1. The van der Waals surface area contributed by atoms with E-state index in [-0.39, 0.29) is 10.6 Å². The minimum absolute atomic E-state index is 0.122. The molecule has 0 spiro atoms. The number of carbonyl (C=O) groups is 1. The zero-order chi connectivity index (χ0) is 19.8. The molecule has 2 atom stereocenters. The summed E-state index contributed by atoms with van der Waals surface area (Å²) < 4.78 is 24.8. The monoisotopic (exact) mass is 402 g/mol. The molecule has 0 amide bonds. The Bertz CT molecular complexity index is 929. The molecule has 5 nitrogen and oxygen atoms in total. The maximum atomic E-state index is 13.3. The van der Waals surface area contributed by atoms with Crippen LogP contribution >= 0.6 is 0 Å². The van der Waals surface area contributed by atoms with Gasteiger partial charge in [0.15, 0.2) is 6.10 Å². The molecule has 27 heavy (non-hydrogen) atoms. The van der Waals surface area contributed by atoms with Crippen LogP contribution in [0, 0.1) is 6.92 Å². The molecule has 2 aromatic rings. The Kier molecular flexibility index (Phi) is 5.26. The average molecular weight is 403 g/mol. The summed E-state index contributed by atoms with van der Waals surface area (Å²) in [4.78, 5) is 12.4. The van der Waals surface area contributed by atoms with Crippen molar-refractivity contribution in [2.45, 2.75) is 42.5 Å². The first-order chi connectivity index (χ1) is 12.7. The highest BCUT2D eigenvalue weighted by molar-refractivity contribution is 7.85. The van der Waals surface area contributed by atoms with Gasteiger partial charge in [-0.05, 0) is 56.9 Å². The molecule has 1 unspecified atom stereocenters. The molecule has 2 aromatic carbocycles. The molecular weight excluding hydrogens is 380 g/mol. The molecule has 0 saturated heterocycles. The Balaban J connectivity index is 2.17. The second-order valence-corrected chi connectivity index (χ2v) is 13.2. The van der Waals surface area contributed by atoms with Crippen LogP contribution in [0.25, 0.3) is 0 Å². The van der Waals surface area contributed by atoms with Gasteiger partial charge in [0.25, 0.3) is 0 Å². The van der Waals surface area contributed by atoms with Crippen LogP contribution in [-0.4, -0.2) is 23.6 Å². The lowest BCUT2D eigenvalue weighted by molar-refractivity contribution is -0.138. The summed E-state index contributed by atoms with van der Waals surface area (Å²) in [6.07, 6.45) is 2.16. The van der Waals surface area contributed by atoms with Crippen LogP contribution < -0.4 is 4.43 Å². The van der Waals surface area contributed by atoms with Crippen LogP contribution in [0.2, 0.25) is 19.6 Å². The number of cyclic esters (lactones) is 1. The number of hydrogen-bond donors (Lipinski definition) is 1. The van der Waals surface area contributed by atoms with Crippen molar-refractivity contribution in [3.63, 3.8) is 0 Å². The summed E-state index contributed by atoms with van der Waals surface area (Å²) in [5, 5.41) is 10.5. The Morgan fingerprint density at radius 1 is 1.11 bits per heavy atom. The molecule has 0 aliphatic carbocycles. The normalized spacial score (nSPS) is 17.6. The Hall–Kier alpha value is -2.38. The first kappa shape index (κ1) is 19.4. The fraction of sp³-hybridized carbons (Fsp3) is 0.250. The van der Waals surface area contributed by atoms with Gasteiger partial charge in [0.2, 0.25) is 8.32 Å². The van der Waals surface area contributed by atoms with Crippen molar-refractivity contribution in [1.82, 2.24) is 0 Å². The van der Waals surface area contributed by atoms with Crippen LogP contribution in [0.4, 0.5) is 0 Å². The maximum Gasteiger partial charge on any atom is 0.331 e. The standard InChI is InChI=1S/C20H22O5SSi/c1-13-5-7-14(8-6-13)26(23)20-15(21)9-10-17(25-27(2,3)4)19(20)16-11-12-18(22)24-16/h5-12,16,21H,1-4H3/t16-,26?/m0/s1. The largest absolute Gasteiger partial charge is 0.544 e. The highest BCUT2D eigenvalue weighted by Gasteiger charge is 2.32. The second-order valence-electron chi connectivity index (χ2n) is 7.34. The number of benzene rings is 2. The lowest BCUT2D eigenvalue weighted by atomic mass is 10.1. The fourth-order valence-electron chi connectivity index (χ4n) is 2.76. The quantitative estimate of drug-likeness (QED) is 0.598. The van der Waals surface area contributed by atoms with Crippen LogP contribution in [0.15, 0.2) is 58.3 Å². The van der Waals surface area contributed by atoms with Gasteiger partial charge in [0.1, 0.15) is 11.5 Å². The fourth-order valence-corrected chi connectivity index (χ4v) is 4.89. The van der Waals surface area contributed by atoms with Crippen LogP contribution in [0.5, 0.6) is 11.5 Å². The van der Waals surface area contributed by atoms with Gasteiger partial charge in [0, 0.05) is 11.0 Å². The minimum Gasteiger partial charge on any atom is -0.544 e. The first-order valence-electron chi connectivity index (χ1n) is 8.58. The summed E-state index contributed by atoms with van der Waals surface area (Å²) in [6, 6.07) is 10.4. The van der Waals surface area contributed by atoms with E-state index in [4.69, 9.17) is 9.16 Å². The van der Waals surface area contributed by atoms with Crippen molar-refractivity contribution in [2.24, 2.45) is 0 Å². The van der Waals surface area contributed by atoms with Gasteiger partial charge in [-0.25, -0.2) is 9.00 Å². The number of rotatable bonds is 5. The highest BCUT2D eigenvalue weighted by atomic mass is 32.2. The highest BCUT2D eigenvalue weighted by Crippen LogP contribution is 2.42. The number of aryl methyl sites for hydroxylation is 1. The van der Waals surface area contributed by atoms with Gasteiger partial charge in [-0.2, -0.15) is 0 Å². The summed E-state index contributed by atoms with van der Waals surface area (Å²) in [7, 11) is -3.67. The van der Waals surface area contributed by atoms with E-state index in [1.807, 2.05) is 38.7 Å². The molecule has 7 heteroatoms. The lowest BCUT2D eigenvalue weighted by Gasteiger charge is -2.25. The molecule has 142 valence electrons. The van der Waals surface area contributed by atoms with E-state index in [2.05, 4.69) is 0 Å². The Morgan fingerprint density at radius 2 is 1.78 bits per heavy atom. The molecule has 0 fully saturated rings. The number of ether oxygens (including phenoxy) is 1. The minimum atomic E-state index is -2.00. The Labute approximate surface area is 162 Å².